The number of allylic oxidation sites excluding steroid dienone is 3. The van der Waals surface area contributed by atoms with Gasteiger partial charge in [-0.15, -0.1) is 0 Å². The van der Waals surface area contributed by atoms with Gasteiger partial charge in [0.05, 0.1) is 4.92 Å². The minimum absolute atomic E-state index is 0.0506. The van der Waals surface area contributed by atoms with Crippen molar-refractivity contribution in [3.8, 4) is 11.5 Å². The Hall–Kier alpha value is -3.74. The fraction of sp³-hybridized carbons (Fsp3) is 0. The molecular formula is C19H14FN3O3. The van der Waals surface area contributed by atoms with Crippen molar-refractivity contribution in [2.45, 2.75) is 0 Å². The average molecular weight is 351 g/mol. The summed E-state index contributed by atoms with van der Waals surface area (Å²) in [5, 5.41) is 13.9. The van der Waals surface area contributed by atoms with Gasteiger partial charge in [0.1, 0.15) is 11.3 Å². The Labute approximate surface area is 148 Å². The van der Waals surface area contributed by atoms with Crippen LogP contribution >= 0.6 is 0 Å². The lowest BCUT2D eigenvalue weighted by Gasteiger charge is -2.06. The van der Waals surface area contributed by atoms with Gasteiger partial charge in [0, 0.05) is 29.1 Å². The highest BCUT2D eigenvalue weighted by Gasteiger charge is 2.13. The van der Waals surface area contributed by atoms with Crippen molar-refractivity contribution in [2.24, 2.45) is 0 Å². The van der Waals surface area contributed by atoms with E-state index in [-0.39, 0.29) is 5.69 Å². The number of halogens is 1. The number of nitro benzene ring substituents is 1. The molecule has 0 aliphatic rings. The molecule has 130 valence electrons. The Morgan fingerprint density at radius 2 is 2.04 bits per heavy atom. The molecule has 1 heterocycles. The molecule has 3 rings (SSSR count). The molecule has 26 heavy (non-hydrogen) atoms. The number of non-ortho nitro benzene ring substituents is 1. The van der Waals surface area contributed by atoms with Crippen LogP contribution in [0.1, 0.15) is 0 Å². The van der Waals surface area contributed by atoms with E-state index in [4.69, 9.17) is 4.42 Å². The maximum atomic E-state index is 12.7. The average Bonchev–Trinajstić information content (AvgIpc) is 3.03. The molecule has 0 amide bonds. The summed E-state index contributed by atoms with van der Waals surface area (Å²) in [7, 11) is 0. The van der Waals surface area contributed by atoms with Gasteiger partial charge in [0.15, 0.2) is 5.58 Å². The van der Waals surface area contributed by atoms with E-state index in [0.717, 1.165) is 0 Å². The molecule has 0 unspecified atom stereocenters. The fourth-order valence-corrected chi connectivity index (χ4v) is 2.30. The van der Waals surface area contributed by atoms with Gasteiger partial charge in [-0.2, -0.15) is 0 Å². The minimum Gasteiger partial charge on any atom is -0.436 e. The number of hydrogen-bond acceptors (Lipinski definition) is 5. The molecule has 2 aromatic carbocycles. The van der Waals surface area contributed by atoms with Gasteiger partial charge < -0.3 is 9.73 Å². The van der Waals surface area contributed by atoms with Crippen LogP contribution in [0.15, 0.2) is 83.7 Å². The number of aromatic nitrogens is 1. The molecule has 3 aromatic rings. The lowest BCUT2D eigenvalue weighted by atomic mass is 10.2. The summed E-state index contributed by atoms with van der Waals surface area (Å²) < 4.78 is 18.3. The van der Waals surface area contributed by atoms with Gasteiger partial charge in [0.25, 0.3) is 5.69 Å². The second kappa shape index (κ2) is 7.02. The van der Waals surface area contributed by atoms with E-state index in [2.05, 4.69) is 23.5 Å². The van der Waals surface area contributed by atoms with Gasteiger partial charge in [-0.25, -0.2) is 9.37 Å². The lowest BCUT2D eigenvalue weighted by Crippen LogP contribution is -1.95. The first-order valence-electron chi connectivity index (χ1n) is 7.56. The maximum Gasteiger partial charge on any atom is 0.271 e. The zero-order valence-electron chi connectivity index (χ0n) is 13.6. The Kier molecular flexibility index (Phi) is 4.62. The van der Waals surface area contributed by atoms with Crippen molar-refractivity contribution in [2.75, 3.05) is 5.32 Å². The highest BCUT2D eigenvalue weighted by molar-refractivity contribution is 5.79. The Bertz CT molecular complexity index is 1050. The highest BCUT2D eigenvalue weighted by Crippen LogP contribution is 2.28. The molecule has 0 atom stereocenters. The van der Waals surface area contributed by atoms with Crippen LogP contribution in [0, 0.1) is 10.1 Å². The predicted molar refractivity (Wildman–Crippen MR) is 98.3 cm³/mol. The monoisotopic (exact) mass is 351 g/mol. The van der Waals surface area contributed by atoms with Crippen LogP contribution in [0.5, 0.6) is 0 Å². The van der Waals surface area contributed by atoms with E-state index in [9.17, 15) is 14.5 Å². The van der Waals surface area contributed by atoms with Crippen LogP contribution in [-0.2, 0) is 0 Å². The Morgan fingerprint density at radius 3 is 2.77 bits per heavy atom. The maximum absolute atomic E-state index is 12.7. The van der Waals surface area contributed by atoms with Gasteiger partial charge in [-0.1, -0.05) is 19.2 Å². The fourth-order valence-electron chi connectivity index (χ4n) is 2.30. The third-order valence-electron chi connectivity index (χ3n) is 3.46. The van der Waals surface area contributed by atoms with E-state index in [1.54, 1.807) is 24.3 Å². The number of benzene rings is 2. The molecule has 0 aliphatic heterocycles. The van der Waals surface area contributed by atoms with E-state index in [0.29, 0.717) is 33.9 Å². The van der Waals surface area contributed by atoms with E-state index >= 15 is 0 Å². The first-order valence-corrected chi connectivity index (χ1v) is 7.56. The molecule has 1 N–H and O–H groups in total. The summed E-state index contributed by atoms with van der Waals surface area (Å²) in [6, 6.07) is 11.4. The number of anilines is 1. The Balaban J connectivity index is 1.88. The van der Waals surface area contributed by atoms with Crippen LogP contribution in [-0.4, -0.2) is 9.91 Å². The van der Waals surface area contributed by atoms with Gasteiger partial charge in [-0.3, -0.25) is 10.1 Å². The molecule has 0 radical (unpaired) electrons. The summed E-state index contributed by atoms with van der Waals surface area (Å²) in [4.78, 5) is 14.7. The SMILES string of the molecule is C=C(F)/C=C\C(=C)Nc1cccc(-c2nc3cc([N+](=O)[O-])ccc3o2)c1. The van der Waals surface area contributed by atoms with E-state index in [1.165, 1.54) is 30.4 Å². The summed E-state index contributed by atoms with van der Waals surface area (Å²) in [6.07, 6.45) is 2.67. The summed E-state index contributed by atoms with van der Waals surface area (Å²) in [6.45, 7) is 6.92. The molecule has 0 spiro atoms. The van der Waals surface area contributed by atoms with Crippen LogP contribution < -0.4 is 5.32 Å². The second-order valence-corrected chi connectivity index (χ2v) is 5.44. The number of oxazole rings is 1. The second-order valence-electron chi connectivity index (χ2n) is 5.44. The summed E-state index contributed by atoms with van der Waals surface area (Å²) >= 11 is 0. The molecule has 1 aromatic heterocycles. The van der Waals surface area contributed by atoms with Crippen molar-refractivity contribution < 1.29 is 13.7 Å². The zero-order chi connectivity index (χ0) is 18.7. The molecule has 6 nitrogen and oxygen atoms in total. The van der Waals surface area contributed by atoms with E-state index < -0.39 is 10.8 Å². The summed E-state index contributed by atoms with van der Waals surface area (Å²) in [5.74, 6) is -0.232. The van der Waals surface area contributed by atoms with Gasteiger partial charge >= 0.3 is 0 Å². The third kappa shape index (κ3) is 3.84. The number of nitrogens with zero attached hydrogens (tertiary/aromatic N) is 2. The number of nitro groups is 1. The topological polar surface area (TPSA) is 81.2 Å². The molecular weight excluding hydrogens is 337 g/mol. The van der Waals surface area contributed by atoms with Crippen LogP contribution in [0.2, 0.25) is 0 Å². The van der Waals surface area contributed by atoms with Gasteiger partial charge in [-0.05, 0) is 36.4 Å². The standard InChI is InChI=1S/C19H14FN3O3/c1-12(20)6-7-13(2)21-15-5-3-4-14(10-15)19-22-17-11-16(23(24)25)8-9-18(17)26-19/h3-11,21H,1-2H2/b7-6-. The van der Waals surface area contributed by atoms with Crippen LogP contribution in [0.25, 0.3) is 22.6 Å². The molecule has 0 bridgehead atoms. The first kappa shape index (κ1) is 17.1. The number of hydrogen-bond donors (Lipinski definition) is 1. The highest BCUT2D eigenvalue weighted by atomic mass is 19.1. The smallest absolute Gasteiger partial charge is 0.271 e. The lowest BCUT2D eigenvalue weighted by molar-refractivity contribution is -0.384. The third-order valence-corrected chi connectivity index (χ3v) is 3.46. The van der Waals surface area contributed by atoms with Crippen molar-refractivity contribution in [3.05, 3.63) is 89.4 Å². The predicted octanol–water partition coefficient (Wildman–Crippen LogP) is 5.37. The van der Waals surface area contributed by atoms with Crippen molar-refractivity contribution in [1.29, 1.82) is 0 Å². The number of fused-ring (bicyclic) bond motifs is 1. The molecule has 7 heteroatoms. The normalized spacial score (nSPS) is 11.0. The number of rotatable bonds is 6. The molecule has 0 saturated carbocycles. The first-order chi connectivity index (χ1) is 12.4. The molecule has 0 fully saturated rings. The van der Waals surface area contributed by atoms with Crippen LogP contribution in [0.3, 0.4) is 0 Å². The minimum atomic E-state index is -0.567. The summed E-state index contributed by atoms with van der Waals surface area (Å²) in [5.41, 5.74) is 2.67. The molecule has 0 aliphatic carbocycles. The van der Waals surface area contributed by atoms with Gasteiger partial charge in [0.2, 0.25) is 5.89 Å². The Morgan fingerprint density at radius 1 is 1.23 bits per heavy atom. The van der Waals surface area contributed by atoms with Crippen molar-refractivity contribution in [3.63, 3.8) is 0 Å². The largest absolute Gasteiger partial charge is 0.436 e. The van der Waals surface area contributed by atoms with Crippen LogP contribution in [0.4, 0.5) is 15.8 Å². The quantitative estimate of drug-likeness (QED) is 0.367. The van der Waals surface area contributed by atoms with Crippen molar-refractivity contribution in [1.82, 2.24) is 4.98 Å². The zero-order valence-corrected chi connectivity index (χ0v) is 13.6. The van der Waals surface area contributed by atoms with E-state index in [1.807, 2.05) is 0 Å². The van der Waals surface area contributed by atoms with Crippen molar-refractivity contribution >= 4 is 22.5 Å². The molecule has 0 saturated heterocycles. The number of nitrogens with one attached hydrogen (secondary N) is 1.